The zero-order valence-electron chi connectivity index (χ0n) is 12.1. The largest absolute Gasteiger partial charge is 0.327 e. The third-order valence-electron chi connectivity index (χ3n) is 4.76. The maximum absolute atomic E-state index is 6.46. The van der Waals surface area contributed by atoms with E-state index in [1.54, 1.807) is 0 Å². The first kappa shape index (κ1) is 13.6. The Morgan fingerprint density at radius 1 is 1.22 bits per heavy atom. The molecule has 2 atom stereocenters. The minimum Gasteiger partial charge on any atom is -0.327 e. The van der Waals surface area contributed by atoms with Crippen molar-refractivity contribution in [2.75, 3.05) is 0 Å². The quantitative estimate of drug-likeness (QED) is 0.854. The van der Waals surface area contributed by atoms with Gasteiger partial charge in [-0.1, -0.05) is 51.5 Å². The molecule has 18 heavy (non-hydrogen) atoms. The van der Waals surface area contributed by atoms with E-state index in [4.69, 9.17) is 5.73 Å². The molecule has 2 N–H and O–H groups in total. The number of aryl methyl sites for hydroxylation is 1. The van der Waals surface area contributed by atoms with E-state index in [0.29, 0.717) is 17.4 Å². The zero-order valence-corrected chi connectivity index (χ0v) is 12.1. The summed E-state index contributed by atoms with van der Waals surface area (Å²) in [6, 6.07) is 9.29. The van der Waals surface area contributed by atoms with Crippen LogP contribution in [0.3, 0.4) is 0 Å². The Balaban J connectivity index is 2.00. The van der Waals surface area contributed by atoms with Gasteiger partial charge in [0.05, 0.1) is 0 Å². The fraction of sp³-hybridized carbons (Fsp3) is 0.647. The molecule has 0 spiro atoms. The van der Waals surface area contributed by atoms with Crippen LogP contribution in [0.4, 0.5) is 0 Å². The summed E-state index contributed by atoms with van der Waals surface area (Å²) in [5.41, 5.74) is 9.69. The van der Waals surface area contributed by atoms with Crippen LogP contribution in [0, 0.1) is 11.3 Å². The maximum atomic E-state index is 6.46. The van der Waals surface area contributed by atoms with Gasteiger partial charge >= 0.3 is 0 Å². The summed E-state index contributed by atoms with van der Waals surface area (Å²) in [5.74, 6) is 0.684. The molecule has 0 saturated heterocycles. The molecule has 1 heteroatoms. The molecule has 1 saturated carbocycles. The molecule has 1 aromatic carbocycles. The fourth-order valence-corrected chi connectivity index (χ4v) is 3.47. The smallest absolute Gasteiger partial charge is 0.0113 e. The molecule has 0 heterocycles. The lowest BCUT2D eigenvalue weighted by atomic mass is 9.76. The minimum absolute atomic E-state index is 0.315. The summed E-state index contributed by atoms with van der Waals surface area (Å²) < 4.78 is 0. The molecule has 0 aromatic heterocycles. The highest BCUT2D eigenvalue weighted by atomic mass is 14.7. The normalized spacial score (nSPS) is 24.1. The van der Waals surface area contributed by atoms with Crippen molar-refractivity contribution in [3.8, 4) is 0 Å². The molecule has 0 amide bonds. The Morgan fingerprint density at radius 3 is 2.33 bits per heavy atom. The van der Waals surface area contributed by atoms with Gasteiger partial charge in [0.1, 0.15) is 0 Å². The van der Waals surface area contributed by atoms with E-state index in [1.165, 1.54) is 30.4 Å². The second-order valence-electron chi connectivity index (χ2n) is 6.53. The lowest BCUT2D eigenvalue weighted by Crippen LogP contribution is -2.38. The maximum Gasteiger partial charge on any atom is 0.0113 e. The van der Waals surface area contributed by atoms with E-state index in [9.17, 15) is 0 Å². The third-order valence-corrected chi connectivity index (χ3v) is 4.76. The van der Waals surface area contributed by atoms with Gasteiger partial charge in [-0.15, -0.1) is 0 Å². The molecular weight excluding hydrogens is 218 g/mol. The van der Waals surface area contributed by atoms with Gasteiger partial charge in [0, 0.05) is 6.04 Å². The first-order chi connectivity index (χ1) is 8.53. The highest BCUT2D eigenvalue weighted by Gasteiger charge is 2.37. The molecule has 100 valence electrons. The molecule has 0 aliphatic heterocycles. The molecule has 2 unspecified atom stereocenters. The van der Waals surface area contributed by atoms with Crippen LogP contribution in [0.15, 0.2) is 24.3 Å². The topological polar surface area (TPSA) is 26.0 Å². The van der Waals surface area contributed by atoms with Crippen molar-refractivity contribution >= 4 is 0 Å². The number of hydrogen-bond donors (Lipinski definition) is 1. The zero-order chi connectivity index (χ0) is 13.2. The summed E-state index contributed by atoms with van der Waals surface area (Å²) in [7, 11) is 0. The molecule has 1 fully saturated rings. The predicted molar refractivity (Wildman–Crippen MR) is 78.6 cm³/mol. The second-order valence-corrected chi connectivity index (χ2v) is 6.53. The van der Waals surface area contributed by atoms with Crippen molar-refractivity contribution in [1.29, 1.82) is 0 Å². The van der Waals surface area contributed by atoms with Crippen molar-refractivity contribution in [3.05, 3.63) is 35.4 Å². The molecule has 1 aliphatic rings. The summed E-state index contributed by atoms with van der Waals surface area (Å²) in [4.78, 5) is 0. The Bertz CT molecular complexity index is 377. The highest BCUT2D eigenvalue weighted by molar-refractivity contribution is 5.23. The summed E-state index contributed by atoms with van der Waals surface area (Å²) >= 11 is 0. The third kappa shape index (κ3) is 2.95. The molecule has 1 aromatic rings. The monoisotopic (exact) mass is 245 g/mol. The van der Waals surface area contributed by atoms with Crippen LogP contribution < -0.4 is 5.73 Å². The lowest BCUT2D eigenvalue weighted by molar-refractivity contribution is 0.220. The van der Waals surface area contributed by atoms with E-state index in [2.05, 4.69) is 45.0 Å². The van der Waals surface area contributed by atoms with Crippen LogP contribution in [0.5, 0.6) is 0 Å². The minimum atomic E-state index is 0.315. The van der Waals surface area contributed by atoms with Crippen LogP contribution in [0.25, 0.3) is 0 Å². The molecule has 1 aliphatic carbocycles. The van der Waals surface area contributed by atoms with Crippen LogP contribution in [-0.4, -0.2) is 6.04 Å². The van der Waals surface area contributed by atoms with Gasteiger partial charge in [0.2, 0.25) is 0 Å². The molecule has 0 radical (unpaired) electrons. The van der Waals surface area contributed by atoms with Crippen LogP contribution in [-0.2, 0) is 12.8 Å². The number of nitrogens with two attached hydrogens (primary N) is 1. The molecule has 2 rings (SSSR count). The van der Waals surface area contributed by atoms with Gasteiger partial charge < -0.3 is 5.73 Å². The van der Waals surface area contributed by atoms with Crippen molar-refractivity contribution in [2.24, 2.45) is 17.1 Å². The van der Waals surface area contributed by atoms with Gasteiger partial charge in [-0.05, 0) is 48.1 Å². The Hall–Kier alpha value is -0.820. The van der Waals surface area contributed by atoms with E-state index < -0.39 is 0 Å². The average Bonchev–Trinajstić information content (AvgIpc) is 2.70. The predicted octanol–water partition coefficient (Wildman–Crippen LogP) is 3.95. The van der Waals surface area contributed by atoms with Gasteiger partial charge in [0.25, 0.3) is 0 Å². The highest BCUT2D eigenvalue weighted by Crippen LogP contribution is 2.44. The number of rotatable bonds is 4. The Morgan fingerprint density at radius 2 is 1.83 bits per heavy atom. The van der Waals surface area contributed by atoms with Crippen LogP contribution in [0.2, 0.25) is 0 Å². The standard InChI is InChI=1S/C17H27N/c1-4-13-7-9-14(10-8-13)12-16(18)15-6-5-11-17(15,2)3/h7-10,15-16H,4-6,11-12,18H2,1-3H3. The van der Waals surface area contributed by atoms with E-state index >= 15 is 0 Å². The van der Waals surface area contributed by atoms with Crippen LogP contribution >= 0.6 is 0 Å². The van der Waals surface area contributed by atoms with Gasteiger partial charge in [-0.25, -0.2) is 0 Å². The molecular formula is C17H27N. The van der Waals surface area contributed by atoms with Crippen molar-refractivity contribution in [1.82, 2.24) is 0 Å². The molecule has 1 nitrogen and oxygen atoms in total. The summed E-state index contributed by atoms with van der Waals surface area (Å²) in [5, 5.41) is 0. The summed E-state index contributed by atoms with van der Waals surface area (Å²) in [6.45, 7) is 6.96. The second kappa shape index (κ2) is 5.44. The summed E-state index contributed by atoms with van der Waals surface area (Å²) in [6.07, 6.45) is 6.13. The van der Waals surface area contributed by atoms with E-state index in [-0.39, 0.29) is 0 Å². The van der Waals surface area contributed by atoms with Gasteiger partial charge in [-0.2, -0.15) is 0 Å². The molecule has 0 bridgehead atoms. The number of benzene rings is 1. The van der Waals surface area contributed by atoms with E-state index in [1.807, 2.05) is 0 Å². The van der Waals surface area contributed by atoms with Crippen molar-refractivity contribution < 1.29 is 0 Å². The van der Waals surface area contributed by atoms with Crippen molar-refractivity contribution in [3.63, 3.8) is 0 Å². The Kier molecular flexibility index (Phi) is 4.11. The first-order valence-corrected chi connectivity index (χ1v) is 7.36. The van der Waals surface area contributed by atoms with E-state index in [0.717, 1.165) is 12.8 Å². The van der Waals surface area contributed by atoms with Crippen molar-refractivity contribution in [2.45, 2.75) is 58.9 Å². The van der Waals surface area contributed by atoms with Crippen LogP contribution in [0.1, 0.15) is 51.2 Å². The number of hydrogen-bond acceptors (Lipinski definition) is 1. The fourth-order valence-electron chi connectivity index (χ4n) is 3.47. The lowest BCUT2D eigenvalue weighted by Gasteiger charge is -2.32. The van der Waals surface area contributed by atoms with Gasteiger partial charge in [-0.3, -0.25) is 0 Å². The van der Waals surface area contributed by atoms with Gasteiger partial charge in [0.15, 0.2) is 0 Å². The Labute approximate surface area is 112 Å². The first-order valence-electron chi connectivity index (χ1n) is 7.36. The SMILES string of the molecule is CCc1ccc(CC(N)C2CCCC2(C)C)cc1. The average molecular weight is 245 g/mol.